The first kappa shape index (κ1) is 17.4. The summed E-state index contributed by atoms with van der Waals surface area (Å²) in [6, 6.07) is 10.5. The Hall–Kier alpha value is -1.73. The van der Waals surface area contributed by atoms with Crippen molar-refractivity contribution in [3.8, 4) is 11.4 Å². The third-order valence-electron chi connectivity index (χ3n) is 5.50. The number of fused-ring (bicyclic) bond motifs is 2. The Morgan fingerprint density at radius 1 is 1.26 bits per heavy atom. The number of hydrogen-bond acceptors (Lipinski definition) is 5. The zero-order valence-corrected chi connectivity index (χ0v) is 16.6. The smallest absolute Gasteiger partial charge is 0.111 e. The van der Waals surface area contributed by atoms with Gasteiger partial charge in [0.2, 0.25) is 0 Å². The molecule has 5 rings (SSSR count). The second kappa shape index (κ2) is 6.71. The van der Waals surface area contributed by atoms with Crippen molar-refractivity contribution in [1.82, 2.24) is 20.5 Å². The SMILES string of the molecule is C[C@H]1C[C@@]2(C[C@@H](c3cc(-c4ccccn4)n[nH]3)N1)OCCc1cc(Cl)sc12. The summed E-state index contributed by atoms with van der Waals surface area (Å²) in [7, 11) is 0. The number of hydrogen-bond donors (Lipinski definition) is 2. The van der Waals surface area contributed by atoms with Gasteiger partial charge in [-0.05, 0) is 49.6 Å². The van der Waals surface area contributed by atoms with Crippen LogP contribution in [0.5, 0.6) is 0 Å². The van der Waals surface area contributed by atoms with Crippen LogP contribution in [0.4, 0.5) is 0 Å². The number of H-pyrrole nitrogens is 1. The number of ether oxygens (including phenoxy) is 1. The normalized spacial score (nSPS) is 27.6. The predicted molar refractivity (Wildman–Crippen MR) is 107 cm³/mol. The van der Waals surface area contributed by atoms with Crippen LogP contribution >= 0.6 is 22.9 Å². The Labute approximate surface area is 167 Å². The van der Waals surface area contributed by atoms with Crippen LogP contribution in [0.1, 0.15) is 41.9 Å². The molecule has 0 unspecified atom stereocenters. The van der Waals surface area contributed by atoms with Crippen molar-refractivity contribution in [2.24, 2.45) is 0 Å². The Morgan fingerprint density at radius 3 is 3.04 bits per heavy atom. The van der Waals surface area contributed by atoms with E-state index in [4.69, 9.17) is 16.3 Å². The van der Waals surface area contributed by atoms with E-state index in [-0.39, 0.29) is 11.6 Å². The van der Waals surface area contributed by atoms with Crippen molar-refractivity contribution >= 4 is 22.9 Å². The molecule has 0 aromatic carbocycles. The molecule has 5 heterocycles. The molecule has 5 nitrogen and oxygen atoms in total. The van der Waals surface area contributed by atoms with E-state index >= 15 is 0 Å². The van der Waals surface area contributed by atoms with Gasteiger partial charge in [-0.25, -0.2) is 0 Å². The Kier molecular flexibility index (Phi) is 4.31. The Morgan fingerprint density at radius 2 is 2.19 bits per heavy atom. The van der Waals surface area contributed by atoms with Crippen molar-refractivity contribution in [3.63, 3.8) is 0 Å². The Bertz CT molecular complexity index is 956. The number of nitrogens with zero attached hydrogens (tertiary/aromatic N) is 2. The monoisotopic (exact) mass is 400 g/mol. The molecule has 2 aliphatic rings. The summed E-state index contributed by atoms with van der Waals surface area (Å²) in [6.45, 7) is 2.97. The number of halogens is 1. The lowest BCUT2D eigenvalue weighted by atomic mass is 9.79. The highest BCUT2D eigenvalue weighted by atomic mass is 35.5. The van der Waals surface area contributed by atoms with Gasteiger partial charge in [0.25, 0.3) is 0 Å². The van der Waals surface area contributed by atoms with E-state index in [1.54, 1.807) is 17.5 Å². The number of pyridine rings is 1. The molecule has 7 heteroatoms. The van der Waals surface area contributed by atoms with Crippen LogP contribution in [0.3, 0.4) is 0 Å². The van der Waals surface area contributed by atoms with Crippen molar-refractivity contribution in [1.29, 1.82) is 0 Å². The Balaban J connectivity index is 1.48. The van der Waals surface area contributed by atoms with E-state index in [9.17, 15) is 0 Å². The highest BCUT2D eigenvalue weighted by Gasteiger charge is 2.46. The highest BCUT2D eigenvalue weighted by Crippen LogP contribution is 2.49. The molecule has 1 saturated heterocycles. The maximum absolute atomic E-state index is 6.42. The predicted octanol–water partition coefficient (Wildman–Crippen LogP) is 4.47. The van der Waals surface area contributed by atoms with Crippen LogP contribution in [-0.4, -0.2) is 27.8 Å². The summed E-state index contributed by atoms with van der Waals surface area (Å²) in [5, 5.41) is 11.4. The third kappa shape index (κ3) is 3.10. The summed E-state index contributed by atoms with van der Waals surface area (Å²) in [6.07, 6.45) is 4.55. The summed E-state index contributed by atoms with van der Waals surface area (Å²) < 4.78 is 7.28. The molecule has 1 spiro atoms. The lowest BCUT2D eigenvalue weighted by Gasteiger charge is -2.45. The molecule has 0 amide bonds. The molecule has 2 N–H and O–H groups in total. The first-order chi connectivity index (χ1) is 13.1. The standard InChI is InChI=1S/C20H21ClN4OS/c1-12-10-20(19-13(5-7-26-20)8-18(21)27-19)11-17(23-12)16-9-15(24-25-16)14-4-2-3-6-22-14/h2-4,6,8-9,12,17,23H,5,7,10-11H2,1H3,(H,24,25)/t12-,17-,20-/m0/s1. The van der Waals surface area contributed by atoms with Gasteiger partial charge in [-0.2, -0.15) is 5.10 Å². The van der Waals surface area contributed by atoms with E-state index in [0.717, 1.165) is 47.3 Å². The average Bonchev–Trinajstić information content (AvgIpc) is 3.29. The van der Waals surface area contributed by atoms with E-state index in [2.05, 4.69) is 39.6 Å². The number of nitrogens with one attached hydrogen (secondary N) is 2. The van der Waals surface area contributed by atoms with Gasteiger partial charge in [0.15, 0.2) is 0 Å². The van der Waals surface area contributed by atoms with Gasteiger partial charge in [0, 0.05) is 23.5 Å². The van der Waals surface area contributed by atoms with Gasteiger partial charge in [-0.3, -0.25) is 10.1 Å². The number of rotatable bonds is 2. The molecule has 2 aliphatic heterocycles. The topological polar surface area (TPSA) is 62.8 Å². The fourth-order valence-electron chi connectivity index (χ4n) is 4.42. The largest absolute Gasteiger partial charge is 0.369 e. The van der Waals surface area contributed by atoms with Crippen LogP contribution < -0.4 is 5.32 Å². The summed E-state index contributed by atoms with van der Waals surface area (Å²) >= 11 is 8.01. The average molecular weight is 401 g/mol. The molecule has 1 fully saturated rings. The van der Waals surface area contributed by atoms with E-state index in [0.29, 0.717) is 6.04 Å². The van der Waals surface area contributed by atoms with E-state index in [1.807, 2.05) is 18.2 Å². The maximum atomic E-state index is 6.42. The molecular weight excluding hydrogens is 380 g/mol. The van der Waals surface area contributed by atoms with Gasteiger partial charge in [0.1, 0.15) is 11.3 Å². The van der Waals surface area contributed by atoms with Crippen molar-refractivity contribution in [2.75, 3.05) is 6.61 Å². The van der Waals surface area contributed by atoms with Crippen LogP contribution in [-0.2, 0) is 16.8 Å². The first-order valence-electron chi connectivity index (χ1n) is 9.28. The molecule has 27 heavy (non-hydrogen) atoms. The zero-order chi connectivity index (χ0) is 18.4. The van der Waals surface area contributed by atoms with Gasteiger partial charge in [0.05, 0.1) is 28.4 Å². The van der Waals surface area contributed by atoms with Crippen molar-refractivity contribution in [3.05, 3.63) is 57.0 Å². The summed E-state index contributed by atoms with van der Waals surface area (Å²) in [4.78, 5) is 5.70. The summed E-state index contributed by atoms with van der Waals surface area (Å²) in [5.41, 5.74) is 3.89. The minimum Gasteiger partial charge on any atom is -0.369 e. The van der Waals surface area contributed by atoms with Crippen LogP contribution in [0.25, 0.3) is 11.4 Å². The second-order valence-electron chi connectivity index (χ2n) is 7.45. The van der Waals surface area contributed by atoms with Crippen molar-refractivity contribution < 1.29 is 4.74 Å². The molecule has 0 bridgehead atoms. The molecule has 0 saturated carbocycles. The number of thiophene rings is 1. The van der Waals surface area contributed by atoms with Crippen LogP contribution in [0, 0.1) is 0 Å². The zero-order valence-electron chi connectivity index (χ0n) is 15.0. The molecule has 3 atom stereocenters. The second-order valence-corrected chi connectivity index (χ2v) is 9.13. The molecule has 3 aromatic heterocycles. The van der Waals surface area contributed by atoms with Crippen molar-refractivity contribution in [2.45, 2.75) is 43.9 Å². The molecule has 0 radical (unpaired) electrons. The fourth-order valence-corrected chi connectivity index (χ4v) is 5.88. The lowest BCUT2D eigenvalue weighted by Crippen LogP contribution is -2.49. The molecule has 0 aliphatic carbocycles. The van der Waals surface area contributed by atoms with Gasteiger partial charge in [-0.15, -0.1) is 11.3 Å². The van der Waals surface area contributed by atoms with E-state index in [1.165, 1.54) is 10.4 Å². The van der Waals surface area contributed by atoms with Crippen LogP contribution in [0.15, 0.2) is 36.5 Å². The van der Waals surface area contributed by atoms with Gasteiger partial charge < -0.3 is 10.1 Å². The molecular formula is C20H21ClN4OS. The minimum atomic E-state index is -0.267. The number of piperidine rings is 1. The fraction of sp³-hybridized carbons (Fsp3) is 0.400. The summed E-state index contributed by atoms with van der Waals surface area (Å²) in [5.74, 6) is 0. The minimum absolute atomic E-state index is 0.144. The first-order valence-corrected chi connectivity index (χ1v) is 10.5. The maximum Gasteiger partial charge on any atom is 0.111 e. The molecule has 140 valence electrons. The van der Waals surface area contributed by atoms with Crippen LogP contribution in [0.2, 0.25) is 4.34 Å². The number of aromatic nitrogens is 3. The third-order valence-corrected chi connectivity index (χ3v) is 6.99. The highest BCUT2D eigenvalue weighted by molar-refractivity contribution is 7.16. The van der Waals surface area contributed by atoms with E-state index < -0.39 is 0 Å². The van der Waals surface area contributed by atoms with Gasteiger partial charge in [-0.1, -0.05) is 17.7 Å². The molecule has 3 aromatic rings. The quantitative estimate of drug-likeness (QED) is 0.666. The number of aromatic amines is 1. The van der Waals surface area contributed by atoms with Gasteiger partial charge >= 0.3 is 0 Å². The lowest BCUT2D eigenvalue weighted by molar-refractivity contribution is -0.0957.